The number of morpholine rings is 1. The van der Waals surface area contributed by atoms with Gasteiger partial charge in [0.25, 0.3) is 6.43 Å². The minimum Gasteiger partial charge on any atom is -0.494 e. The third-order valence-corrected chi connectivity index (χ3v) is 6.34. The van der Waals surface area contributed by atoms with Crippen LogP contribution in [0.5, 0.6) is 11.5 Å². The molecule has 1 atom stereocenters. The van der Waals surface area contributed by atoms with Gasteiger partial charge < -0.3 is 34.9 Å². The van der Waals surface area contributed by atoms with Gasteiger partial charge in [0.05, 0.1) is 25.8 Å². The number of halogens is 2. The zero-order valence-corrected chi connectivity index (χ0v) is 22.0. The molecule has 2 aliphatic rings. The molecular formula is C24H30F2N8O5. The molecule has 0 spiro atoms. The van der Waals surface area contributed by atoms with Gasteiger partial charge in [0.1, 0.15) is 24.1 Å². The number of hydrogen-bond donors (Lipinski definition) is 2. The third kappa shape index (κ3) is 5.16. The van der Waals surface area contributed by atoms with Crippen LogP contribution in [0, 0.1) is 0 Å². The number of amides is 1. The van der Waals surface area contributed by atoms with Crippen molar-refractivity contribution in [1.82, 2.24) is 29.8 Å². The molecule has 210 valence electrons. The number of rotatable bonds is 6. The van der Waals surface area contributed by atoms with E-state index in [-0.39, 0.29) is 47.0 Å². The van der Waals surface area contributed by atoms with E-state index in [1.165, 1.54) is 13.2 Å². The highest BCUT2D eigenvalue weighted by Gasteiger charge is 2.33. The van der Waals surface area contributed by atoms with Crippen LogP contribution in [0.15, 0.2) is 6.07 Å². The first-order valence-corrected chi connectivity index (χ1v) is 12.4. The van der Waals surface area contributed by atoms with Crippen LogP contribution in [0.25, 0.3) is 17.0 Å². The summed E-state index contributed by atoms with van der Waals surface area (Å²) in [4.78, 5) is 31.5. The molecule has 2 saturated heterocycles. The molecular weight excluding hydrogens is 518 g/mol. The largest absolute Gasteiger partial charge is 0.494 e. The average molecular weight is 549 g/mol. The van der Waals surface area contributed by atoms with Crippen LogP contribution in [-0.4, -0.2) is 77.3 Å². The summed E-state index contributed by atoms with van der Waals surface area (Å²) < 4.78 is 52.4. The van der Waals surface area contributed by atoms with Crippen molar-refractivity contribution in [1.29, 1.82) is 0 Å². The number of aromatic nitrogens is 5. The number of imidazole rings is 1. The Morgan fingerprint density at radius 3 is 2.56 bits per heavy atom. The van der Waals surface area contributed by atoms with E-state index >= 15 is 0 Å². The molecule has 0 aliphatic carbocycles. The molecule has 13 nitrogen and oxygen atoms in total. The normalized spacial score (nSPS) is 18.2. The second-order valence-corrected chi connectivity index (χ2v) is 10.1. The maximum Gasteiger partial charge on any atom is 0.409 e. The second kappa shape index (κ2) is 10.5. The molecule has 1 unspecified atom stereocenters. The topological polar surface area (TPSA) is 152 Å². The Kier molecular flexibility index (Phi) is 7.22. The number of hydrogen-bond acceptors (Lipinski definition) is 11. The molecule has 2 fully saturated rings. The van der Waals surface area contributed by atoms with Gasteiger partial charge in [-0.1, -0.05) is 20.8 Å². The minimum absolute atomic E-state index is 0.0450. The first kappa shape index (κ1) is 26.9. The van der Waals surface area contributed by atoms with Gasteiger partial charge in [-0.2, -0.15) is 15.0 Å². The highest BCUT2D eigenvalue weighted by Crippen LogP contribution is 2.45. The molecule has 3 aromatic rings. The lowest BCUT2D eigenvalue weighted by Gasteiger charge is -2.25. The Hall–Kier alpha value is -3.69. The number of ether oxygens (including phenoxy) is 4. The number of methoxy groups -OCH3 is 1. The fourth-order valence-corrected chi connectivity index (χ4v) is 4.69. The zero-order chi connectivity index (χ0) is 27.9. The van der Waals surface area contributed by atoms with Gasteiger partial charge in [0, 0.05) is 31.3 Å². The predicted molar refractivity (Wildman–Crippen MR) is 135 cm³/mol. The molecule has 15 heteroatoms. The van der Waals surface area contributed by atoms with E-state index < -0.39 is 29.9 Å². The summed E-state index contributed by atoms with van der Waals surface area (Å²) in [6.45, 7) is 8.33. The van der Waals surface area contributed by atoms with E-state index in [1.807, 2.05) is 20.8 Å². The first-order chi connectivity index (χ1) is 18.6. The molecule has 0 saturated carbocycles. The van der Waals surface area contributed by atoms with Gasteiger partial charge in [-0.25, -0.2) is 18.6 Å². The molecule has 1 aromatic carbocycles. The second-order valence-electron chi connectivity index (χ2n) is 10.1. The summed E-state index contributed by atoms with van der Waals surface area (Å²) in [6, 6.07) is 1.42. The summed E-state index contributed by atoms with van der Waals surface area (Å²) in [7, 11) is 1.39. The van der Waals surface area contributed by atoms with Crippen LogP contribution in [0.2, 0.25) is 0 Å². The monoisotopic (exact) mass is 548 g/mol. The lowest BCUT2D eigenvalue weighted by Crippen LogP contribution is -2.35. The molecule has 4 heterocycles. The third-order valence-electron chi connectivity index (χ3n) is 6.34. The molecule has 2 aromatic heterocycles. The molecule has 39 heavy (non-hydrogen) atoms. The molecule has 1 amide bonds. The van der Waals surface area contributed by atoms with E-state index in [2.05, 4.69) is 25.3 Å². The van der Waals surface area contributed by atoms with Crippen LogP contribution in [0.4, 0.5) is 19.5 Å². The Morgan fingerprint density at radius 2 is 1.97 bits per heavy atom. The zero-order valence-electron chi connectivity index (χ0n) is 22.0. The Balaban J connectivity index is 1.80. The number of carbonyl (C=O) groups excluding carboxylic acids is 1. The smallest absolute Gasteiger partial charge is 0.409 e. The van der Waals surface area contributed by atoms with Crippen molar-refractivity contribution in [3.63, 3.8) is 0 Å². The SMILES string of the molecule is COc1c(C(C)(C)C)c(OC(N)=O)cc2c1nc(C(F)F)n2-c1nc(C2CNCCO2)nc(N2CCOC2)n1. The number of nitrogens with one attached hydrogen (secondary N) is 1. The molecule has 3 N–H and O–H groups in total. The summed E-state index contributed by atoms with van der Waals surface area (Å²) in [5.41, 5.74) is 5.42. The highest BCUT2D eigenvalue weighted by atomic mass is 19.3. The maximum absolute atomic E-state index is 14.5. The van der Waals surface area contributed by atoms with E-state index in [4.69, 9.17) is 24.7 Å². The number of anilines is 1. The Labute approximate surface area is 222 Å². The van der Waals surface area contributed by atoms with Crippen LogP contribution in [-0.2, 0) is 14.9 Å². The van der Waals surface area contributed by atoms with Crippen molar-refractivity contribution in [2.45, 2.75) is 38.7 Å². The fourth-order valence-electron chi connectivity index (χ4n) is 4.69. The number of benzene rings is 1. The van der Waals surface area contributed by atoms with Crippen molar-refractivity contribution in [3.05, 3.63) is 23.3 Å². The lowest BCUT2D eigenvalue weighted by molar-refractivity contribution is 0.0220. The van der Waals surface area contributed by atoms with Crippen molar-refractivity contribution in [2.75, 3.05) is 51.6 Å². The van der Waals surface area contributed by atoms with Crippen molar-refractivity contribution in [3.8, 4) is 17.4 Å². The van der Waals surface area contributed by atoms with Gasteiger partial charge >= 0.3 is 6.09 Å². The number of alkyl halides is 2. The number of fused-ring (bicyclic) bond motifs is 1. The van der Waals surface area contributed by atoms with Crippen LogP contribution in [0.1, 0.15) is 50.5 Å². The van der Waals surface area contributed by atoms with Crippen LogP contribution >= 0.6 is 0 Å². The molecule has 2 aliphatic heterocycles. The molecule has 0 radical (unpaired) electrons. The van der Waals surface area contributed by atoms with Crippen LogP contribution in [0.3, 0.4) is 0 Å². The van der Waals surface area contributed by atoms with E-state index in [1.54, 1.807) is 4.90 Å². The van der Waals surface area contributed by atoms with Crippen molar-refractivity contribution >= 4 is 23.1 Å². The number of nitrogens with zero attached hydrogens (tertiary/aromatic N) is 6. The number of primary amides is 1. The molecule has 5 rings (SSSR count). The molecule has 0 bridgehead atoms. The first-order valence-electron chi connectivity index (χ1n) is 12.4. The van der Waals surface area contributed by atoms with Crippen LogP contribution < -0.4 is 25.4 Å². The summed E-state index contributed by atoms with van der Waals surface area (Å²) in [5, 5.41) is 3.22. The van der Waals surface area contributed by atoms with Gasteiger partial charge in [0.2, 0.25) is 11.9 Å². The van der Waals surface area contributed by atoms with Gasteiger partial charge in [-0.3, -0.25) is 4.57 Å². The number of carbonyl (C=O) groups is 1. The predicted octanol–water partition coefficient (Wildman–Crippen LogP) is 2.37. The van der Waals surface area contributed by atoms with E-state index in [9.17, 15) is 13.6 Å². The highest BCUT2D eigenvalue weighted by molar-refractivity contribution is 5.89. The van der Waals surface area contributed by atoms with E-state index in [0.717, 1.165) is 4.57 Å². The quantitative estimate of drug-likeness (QED) is 0.467. The van der Waals surface area contributed by atoms with E-state index in [0.29, 0.717) is 38.4 Å². The standard InChI is InChI=1S/C24H30F2N8O5/c1-24(2,3)15-13(39-21(27)35)9-12-16(17(15)36-4)29-20(18(25)26)34(12)23-31-19(14-10-28-5-7-38-14)30-22(32-23)33-6-8-37-11-33/h9,14,18,28H,5-8,10-11H2,1-4H3,(H2,27,35). The average Bonchev–Trinajstić information content (AvgIpc) is 3.56. The number of nitrogens with two attached hydrogens (primary N) is 1. The maximum atomic E-state index is 14.5. The minimum atomic E-state index is -3.01. The van der Waals surface area contributed by atoms with Gasteiger partial charge in [-0.05, 0) is 5.41 Å². The fraction of sp³-hybridized carbons (Fsp3) is 0.542. The Morgan fingerprint density at radius 1 is 1.21 bits per heavy atom. The summed E-state index contributed by atoms with van der Waals surface area (Å²) >= 11 is 0. The summed E-state index contributed by atoms with van der Waals surface area (Å²) in [5.74, 6) is -0.00582. The van der Waals surface area contributed by atoms with Crippen molar-refractivity contribution in [2.24, 2.45) is 5.73 Å². The van der Waals surface area contributed by atoms with Crippen molar-refractivity contribution < 1.29 is 32.5 Å². The van der Waals surface area contributed by atoms with Gasteiger partial charge in [-0.15, -0.1) is 0 Å². The Bertz CT molecular complexity index is 1380. The lowest BCUT2D eigenvalue weighted by atomic mass is 9.85. The summed E-state index contributed by atoms with van der Waals surface area (Å²) in [6.07, 6.45) is -4.60. The van der Waals surface area contributed by atoms with Gasteiger partial charge in [0.15, 0.2) is 17.4 Å².